The highest BCUT2D eigenvalue weighted by Crippen LogP contribution is 2.40. The Morgan fingerprint density at radius 2 is 1.79 bits per heavy atom. The van der Waals surface area contributed by atoms with Crippen LogP contribution in [0.15, 0.2) is 72.8 Å². The summed E-state index contributed by atoms with van der Waals surface area (Å²) in [4.78, 5) is 23.1. The van der Waals surface area contributed by atoms with Gasteiger partial charge in [0.2, 0.25) is 5.95 Å². The quantitative estimate of drug-likeness (QED) is 0.346. The zero-order chi connectivity index (χ0) is 23.2. The van der Waals surface area contributed by atoms with Crippen LogP contribution in [0, 0.1) is 12.7 Å². The van der Waals surface area contributed by atoms with E-state index in [1.807, 2.05) is 60.0 Å². The van der Waals surface area contributed by atoms with Crippen molar-refractivity contribution in [1.29, 1.82) is 0 Å². The first-order valence-corrected chi connectivity index (χ1v) is 11.5. The summed E-state index contributed by atoms with van der Waals surface area (Å²) in [6.45, 7) is 2.47. The number of halogens is 1. The molecule has 34 heavy (non-hydrogen) atoms. The molecule has 5 nitrogen and oxygen atoms in total. The number of fused-ring (bicyclic) bond motifs is 2. The van der Waals surface area contributed by atoms with E-state index in [9.17, 15) is 9.18 Å². The number of para-hydroxylation sites is 2. The molecule has 2 heterocycles. The van der Waals surface area contributed by atoms with Gasteiger partial charge in [-0.3, -0.25) is 15.1 Å². The summed E-state index contributed by atoms with van der Waals surface area (Å²) in [5.41, 5.74) is 6.09. The van der Waals surface area contributed by atoms with E-state index in [0.29, 0.717) is 24.0 Å². The van der Waals surface area contributed by atoms with E-state index in [2.05, 4.69) is 5.32 Å². The first-order chi connectivity index (χ1) is 16.5. The number of carbonyl (C=O) groups excluding carboxylic acids is 1. The fraction of sp³-hybridized carbons (Fsp3) is 0.179. The minimum atomic E-state index is -0.279. The third-order valence-corrected chi connectivity index (χ3v) is 6.36. The van der Waals surface area contributed by atoms with Gasteiger partial charge in [0.1, 0.15) is 5.82 Å². The van der Waals surface area contributed by atoms with Gasteiger partial charge in [-0.25, -0.2) is 9.37 Å². The number of aromatic nitrogens is 3. The molecule has 0 radical (unpaired) electrons. The van der Waals surface area contributed by atoms with E-state index in [4.69, 9.17) is 9.97 Å². The summed E-state index contributed by atoms with van der Waals surface area (Å²) in [7, 11) is 0. The van der Waals surface area contributed by atoms with Crippen molar-refractivity contribution in [1.82, 2.24) is 14.5 Å². The van der Waals surface area contributed by atoms with Gasteiger partial charge in [0.15, 0.2) is 0 Å². The molecule has 1 amide bonds. The van der Waals surface area contributed by atoms with Crippen molar-refractivity contribution in [2.24, 2.45) is 0 Å². The molecule has 6 rings (SSSR count). The van der Waals surface area contributed by atoms with Crippen LogP contribution in [0.3, 0.4) is 0 Å². The van der Waals surface area contributed by atoms with Crippen molar-refractivity contribution in [3.8, 4) is 0 Å². The highest BCUT2D eigenvalue weighted by Gasteiger charge is 2.27. The Morgan fingerprint density at radius 3 is 2.59 bits per heavy atom. The Hall–Kier alpha value is -4.06. The van der Waals surface area contributed by atoms with Crippen LogP contribution in [0.4, 0.5) is 10.3 Å². The summed E-state index contributed by atoms with van der Waals surface area (Å²) in [6.07, 6.45) is 2.22. The van der Waals surface area contributed by atoms with Crippen molar-refractivity contribution in [3.63, 3.8) is 0 Å². The second-order valence-corrected chi connectivity index (χ2v) is 8.98. The number of aryl methyl sites for hydroxylation is 1. The molecule has 1 fully saturated rings. The number of carbonyl (C=O) groups is 1. The van der Waals surface area contributed by atoms with Gasteiger partial charge < -0.3 is 4.57 Å². The molecule has 0 saturated heterocycles. The molecule has 0 bridgehead atoms. The lowest BCUT2D eigenvalue weighted by Crippen LogP contribution is -2.17. The van der Waals surface area contributed by atoms with Crippen LogP contribution in [0.2, 0.25) is 0 Å². The number of amides is 1. The second-order valence-electron chi connectivity index (χ2n) is 8.98. The normalized spacial score (nSPS) is 13.5. The van der Waals surface area contributed by atoms with Gasteiger partial charge in [-0.1, -0.05) is 35.9 Å². The Morgan fingerprint density at radius 1 is 1.00 bits per heavy atom. The minimum Gasteiger partial charge on any atom is -0.305 e. The highest BCUT2D eigenvalue weighted by molar-refractivity contribution is 6.12. The lowest BCUT2D eigenvalue weighted by atomic mass is 10.0. The average Bonchev–Trinajstić information content (AvgIpc) is 3.64. The fourth-order valence-electron chi connectivity index (χ4n) is 4.41. The lowest BCUT2D eigenvalue weighted by molar-refractivity contribution is 0.102. The van der Waals surface area contributed by atoms with E-state index in [1.54, 1.807) is 12.1 Å². The molecule has 168 valence electrons. The SMILES string of the molecule is Cc1ccc2nc(C3CC3)cc(C(=O)Nc3nc4ccccc4n3Cc3ccc(F)cc3)c2c1. The lowest BCUT2D eigenvalue weighted by Gasteiger charge is -2.13. The highest BCUT2D eigenvalue weighted by atomic mass is 19.1. The third kappa shape index (κ3) is 3.81. The molecule has 1 saturated carbocycles. The number of anilines is 1. The van der Waals surface area contributed by atoms with Gasteiger partial charge in [0.25, 0.3) is 5.91 Å². The number of imidazole rings is 1. The fourth-order valence-corrected chi connectivity index (χ4v) is 4.41. The molecular weight excluding hydrogens is 427 g/mol. The molecule has 6 heteroatoms. The first-order valence-electron chi connectivity index (χ1n) is 11.5. The van der Waals surface area contributed by atoms with E-state index >= 15 is 0 Å². The number of pyridine rings is 1. The molecule has 3 aromatic carbocycles. The van der Waals surface area contributed by atoms with E-state index in [-0.39, 0.29) is 11.7 Å². The largest absolute Gasteiger partial charge is 0.305 e. The maximum absolute atomic E-state index is 13.6. The number of benzene rings is 3. The van der Waals surface area contributed by atoms with Gasteiger partial charge in [0.05, 0.1) is 28.7 Å². The number of rotatable bonds is 5. The Labute approximate surface area is 196 Å². The van der Waals surface area contributed by atoms with Crippen molar-refractivity contribution in [2.45, 2.75) is 32.2 Å². The first kappa shape index (κ1) is 20.5. The van der Waals surface area contributed by atoms with Crippen LogP contribution in [0.5, 0.6) is 0 Å². The topological polar surface area (TPSA) is 59.8 Å². The molecule has 1 aliphatic carbocycles. The Balaban J connectivity index is 1.42. The molecule has 0 atom stereocenters. The summed E-state index contributed by atoms with van der Waals surface area (Å²) < 4.78 is 15.4. The van der Waals surface area contributed by atoms with Gasteiger partial charge in [-0.05, 0) is 67.8 Å². The second kappa shape index (κ2) is 8.06. The molecule has 0 unspecified atom stereocenters. The van der Waals surface area contributed by atoms with Crippen LogP contribution in [-0.4, -0.2) is 20.4 Å². The Kier molecular flexibility index (Phi) is 4.87. The summed E-state index contributed by atoms with van der Waals surface area (Å²) in [5.74, 6) is 0.399. The molecule has 2 aromatic heterocycles. The minimum absolute atomic E-state index is 0.212. The summed E-state index contributed by atoms with van der Waals surface area (Å²) >= 11 is 0. The van der Waals surface area contributed by atoms with Gasteiger partial charge in [-0.15, -0.1) is 0 Å². The van der Waals surface area contributed by atoms with Crippen LogP contribution in [0.1, 0.15) is 45.9 Å². The number of hydrogen-bond acceptors (Lipinski definition) is 3. The van der Waals surface area contributed by atoms with E-state index in [1.165, 1.54) is 12.1 Å². The van der Waals surface area contributed by atoms with Gasteiger partial charge in [-0.2, -0.15) is 0 Å². The van der Waals surface area contributed by atoms with Crippen LogP contribution < -0.4 is 5.32 Å². The monoisotopic (exact) mass is 450 g/mol. The summed E-state index contributed by atoms with van der Waals surface area (Å²) in [5, 5.41) is 3.89. The predicted molar refractivity (Wildman–Crippen MR) is 132 cm³/mol. The number of hydrogen-bond donors (Lipinski definition) is 1. The predicted octanol–water partition coefficient (Wildman–Crippen LogP) is 6.21. The zero-order valence-electron chi connectivity index (χ0n) is 18.8. The standard InChI is InChI=1S/C28H23FN4O/c1-17-6-13-23-21(14-17)22(15-25(30-23)19-9-10-19)27(34)32-28-31-24-4-2-3-5-26(24)33(28)16-18-7-11-20(29)12-8-18/h2-8,11-15,19H,9-10,16H2,1H3,(H,31,32,34). The van der Waals surface area contributed by atoms with Crippen LogP contribution >= 0.6 is 0 Å². The maximum Gasteiger partial charge on any atom is 0.258 e. The van der Waals surface area contributed by atoms with Gasteiger partial charge in [0, 0.05) is 17.0 Å². The van der Waals surface area contributed by atoms with E-state index in [0.717, 1.165) is 51.6 Å². The zero-order valence-corrected chi connectivity index (χ0v) is 18.8. The molecule has 0 spiro atoms. The molecule has 1 N–H and O–H groups in total. The van der Waals surface area contributed by atoms with Crippen LogP contribution in [-0.2, 0) is 6.54 Å². The molecule has 0 aliphatic heterocycles. The van der Waals surface area contributed by atoms with Crippen molar-refractivity contribution in [2.75, 3.05) is 5.32 Å². The number of nitrogens with one attached hydrogen (secondary N) is 1. The molecule has 1 aliphatic rings. The van der Waals surface area contributed by atoms with Crippen molar-refractivity contribution in [3.05, 3.63) is 101 Å². The average molecular weight is 451 g/mol. The van der Waals surface area contributed by atoms with Crippen molar-refractivity contribution >= 4 is 33.8 Å². The third-order valence-electron chi connectivity index (χ3n) is 6.36. The Bertz CT molecular complexity index is 1550. The molecule has 5 aromatic rings. The number of nitrogens with zero attached hydrogens (tertiary/aromatic N) is 3. The molecular formula is C28H23FN4O. The smallest absolute Gasteiger partial charge is 0.258 e. The summed E-state index contributed by atoms with van der Waals surface area (Å²) in [6, 6.07) is 22.1. The van der Waals surface area contributed by atoms with Crippen molar-refractivity contribution < 1.29 is 9.18 Å². The van der Waals surface area contributed by atoms with E-state index < -0.39 is 0 Å². The van der Waals surface area contributed by atoms with Crippen LogP contribution in [0.25, 0.3) is 21.9 Å². The van der Waals surface area contributed by atoms with Gasteiger partial charge >= 0.3 is 0 Å². The maximum atomic E-state index is 13.6.